The van der Waals surface area contributed by atoms with Crippen molar-refractivity contribution in [1.29, 1.82) is 0 Å². The Kier molecular flexibility index (Phi) is 7.60. The van der Waals surface area contributed by atoms with Crippen molar-refractivity contribution in [2.24, 2.45) is 11.3 Å². The standard InChI is InChI=1S/C27H32F4N4O2/c1-17(2)23(33-24(36)22-14-19(8-11-32-22)27(29,30)31)25(37)35-12-9-26(10-13-35)16-34(3)15-21(26)18-4-6-20(28)7-5-18/h4-8,11,14,17,21,23H,9-10,12-13,15-16H2,1-3H3,(H,33,36)/t21?,23-/m1/s1. The van der Waals surface area contributed by atoms with Gasteiger partial charge in [-0.25, -0.2) is 4.39 Å². The van der Waals surface area contributed by atoms with E-state index in [-0.39, 0.29) is 34.7 Å². The van der Waals surface area contributed by atoms with Gasteiger partial charge in [-0.2, -0.15) is 13.2 Å². The third-order valence-corrected chi connectivity index (χ3v) is 7.70. The Morgan fingerprint density at radius 1 is 1.11 bits per heavy atom. The summed E-state index contributed by atoms with van der Waals surface area (Å²) in [4.78, 5) is 34.0. The van der Waals surface area contributed by atoms with Crippen LogP contribution in [-0.2, 0) is 11.0 Å². The zero-order chi connectivity index (χ0) is 27.0. The second kappa shape index (κ2) is 10.4. The molecule has 2 aliphatic heterocycles. The molecular formula is C27H32F4N4O2. The van der Waals surface area contributed by atoms with Crippen LogP contribution in [0, 0.1) is 17.2 Å². The highest BCUT2D eigenvalue weighted by molar-refractivity contribution is 5.96. The van der Waals surface area contributed by atoms with Gasteiger partial charge in [0.05, 0.1) is 5.56 Å². The van der Waals surface area contributed by atoms with Crippen LogP contribution in [0.15, 0.2) is 42.6 Å². The van der Waals surface area contributed by atoms with E-state index in [2.05, 4.69) is 22.2 Å². The minimum atomic E-state index is -4.60. The fraction of sp³-hybridized carbons (Fsp3) is 0.519. The van der Waals surface area contributed by atoms with Gasteiger partial charge in [-0.3, -0.25) is 14.6 Å². The maximum atomic E-state index is 13.5. The van der Waals surface area contributed by atoms with E-state index in [9.17, 15) is 27.2 Å². The number of carbonyl (C=O) groups excluding carboxylic acids is 2. The lowest BCUT2D eigenvalue weighted by Crippen LogP contribution is -2.54. The Labute approximate surface area is 214 Å². The molecule has 4 rings (SSSR count). The van der Waals surface area contributed by atoms with Crippen molar-refractivity contribution >= 4 is 11.8 Å². The van der Waals surface area contributed by atoms with Crippen molar-refractivity contribution in [3.63, 3.8) is 0 Å². The smallest absolute Gasteiger partial charge is 0.341 e. The maximum Gasteiger partial charge on any atom is 0.416 e. The zero-order valence-corrected chi connectivity index (χ0v) is 21.2. The zero-order valence-electron chi connectivity index (χ0n) is 21.2. The van der Waals surface area contributed by atoms with Crippen LogP contribution in [0.25, 0.3) is 0 Å². The van der Waals surface area contributed by atoms with Crippen LogP contribution in [0.2, 0.25) is 0 Å². The van der Waals surface area contributed by atoms with Crippen LogP contribution < -0.4 is 5.32 Å². The lowest BCUT2D eigenvalue weighted by atomic mass is 9.68. The summed E-state index contributed by atoms with van der Waals surface area (Å²) in [5.41, 5.74) is -0.311. The van der Waals surface area contributed by atoms with Crippen molar-refractivity contribution in [2.75, 3.05) is 33.2 Å². The van der Waals surface area contributed by atoms with E-state index < -0.39 is 23.7 Å². The van der Waals surface area contributed by atoms with E-state index in [1.54, 1.807) is 18.7 Å². The van der Waals surface area contributed by atoms with Crippen molar-refractivity contribution in [3.8, 4) is 0 Å². The van der Waals surface area contributed by atoms with E-state index in [0.29, 0.717) is 19.2 Å². The monoisotopic (exact) mass is 520 g/mol. The Hall–Kier alpha value is -3.01. The van der Waals surface area contributed by atoms with Gasteiger partial charge in [-0.1, -0.05) is 26.0 Å². The predicted octanol–water partition coefficient (Wildman–Crippen LogP) is 4.33. The molecule has 2 atom stereocenters. The second-order valence-corrected chi connectivity index (χ2v) is 10.6. The summed E-state index contributed by atoms with van der Waals surface area (Å²) >= 11 is 0. The second-order valence-electron chi connectivity index (χ2n) is 10.6. The van der Waals surface area contributed by atoms with Gasteiger partial charge in [-0.15, -0.1) is 0 Å². The lowest BCUT2D eigenvalue weighted by molar-refractivity contribution is -0.138. The Morgan fingerprint density at radius 3 is 2.35 bits per heavy atom. The number of amides is 2. The minimum absolute atomic E-state index is 0.0398. The summed E-state index contributed by atoms with van der Waals surface area (Å²) in [6, 6.07) is 7.23. The van der Waals surface area contributed by atoms with Crippen molar-refractivity contribution in [2.45, 2.75) is 44.8 Å². The first-order valence-electron chi connectivity index (χ1n) is 12.5. The summed E-state index contributed by atoms with van der Waals surface area (Å²) in [6.07, 6.45) is -2.14. The molecule has 2 aliphatic rings. The number of aromatic nitrogens is 1. The SMILES string of the molecule is CC(C)[C@@H](NC(=O)c1cc(C(F)(F)F)ccn1)C(=O)N1CCC2(CC1)CN(C)CC2c1ccc(F)cc1. The Balaban J connectivity index is 1.45. The van der Waals surface area contributed by atoms with Gasteiger partial charge >= 0.3 is 6.18 Å². The number of nitrogens with one attached hydrogen (secondary N) is 1. The number of halogens is 4. The molecule has 200 valence electrons. The van der Waals surface area contributed by atoms with Crippen molar-refractivity contribution < 1.29 is 27.2 Å². The molecule has 0 aliphatic carbocycles. The van der Waals surface area contributed by atoms with Crippen LogP contribution in [0.1, 0.15) is 54.2 Å². The van der Waals surface area contributed by atoms with Crippen LogP contribution in [0.4, 0.5) is 17.6 Å². The average molecular weight is 521 g/mol. The number of pyridine rings is 1. The number of alkyl halides is 3. The first-order chi connectivity index (χ1) is 17.4. The van der Waals surface area contributed by atoms with E-state index in [1.807, 2.05) is 12.1 Å². The summed E-state index contributed by atoms with van der Waals surface area (Å²) in [5.74, 6) is -1.40. The molecule has 6 nitrogen and oxygen atoms in total. The summed E-state index contributed by atoms with van der Waals surface area (Å²) in [6.45, 7) is 6.31. The Bertz CT molecular complexity index is 1130. The quantitative estimate of drug-likeness (QED) is 0.596. The third-order valence-electron chi connectivity index (χ3n) is 7.70. The van der Waals surface area contributed by atoms with E-state index in [0.717, 1.165) is 43.8 Å². The highest BCUT2D eigenvalue weighted by Crippen LogP contribution is 2.49. The van der Waals surface area contributed by atoms with Gasteiger partial charge in [0.25, 0.3) is 5.91 Å². The molecule has 2 fully saturated rings. The van der Waals surface area contributed by atoms with E-state index >= 15 is 0 Å². The van der Waals surface area contributed by atoms with Crippen LogP contribution in [-0.4, -0.2) is 65.9 Å². The molecule has 1 aromatic heterocycles. The molecule has 0 radical (unpaired) electrons. The number of likely N-dealkylation sites (N-methyl/N-ethyl adjacent to an activating group) is 1. The molecule has 1 unspecified atom stereocenters. The van der Waals surface area contributed by atoms with Crippen LogP contribution in [0.3, 0.4) is 0 Å². The van der Waals surface area contributed by atoms with E-state index in [1.165, 1.54) is 12.1 Å². The minimum Gasteiger partial charge on any atom is -0.341 e. The fourth-order valence-corrected chi connectivity index (χ4v) is 5.71. The number of rotatable bonds is 5. The third kappa shape index (κ3) is 5.79. The number of likely N-dealkylation sites (tertiary alicyclic amines) is 2. The number of carbonyl (C=O) groups is 2. The highest BCUT2D eigenvalue weighted by Gasteiger charge is 2.48. The van der Waals surface area contributed by atoms with Gasteiger partial charge in [0.2, 0.25) is 5.91 Å². The molecule has 1 spiro atoms. The van der Waals surface area contributed by atoms with Gasteiger partial charge in [0, 0.05) is 38.3 Å². The molecule has 37 heavy (non-hydrogen) atoms. The lowest BCUT2D eigenvalue weighted by Gasteiger charge is -2.44. The molecule has 2 amide bonds. The van der Waals surface area contributed by atoms with Gasteiger partial charge < -0.3 is 15.1 Å². The molecule has 1 N–H and O–H groups in total. The van der Waals surface area contributed by atoms with E-state index in [4.69, 9.17) is 0 Å². The number of hydrogen-bond donors (Lipinski definition) is 1. The first-order valence-corrected chi connectivity index (χ1v) is 12.5. The van der Waals surface area contributed by atoms with Gasteiger partial charge in [0.1, 0.15) is 17.6 Å². The fourth-order valence-electron chi connectivity index (χ4n) is 5.71. The van der Waals surface area contributed by atoms with Gasteiger partial charge in [0.15, 0.2) is 0 Å². The molecule has 2 aromatic rings. The average Bonchev–Trinajstić information content (AvgIpc) is 3.17. The molecule has 0 saturated carbocycles. The number of piperidine rings is 1. The number of hydrogen-bond acceptors (Lipinski definition) is 4. The van der Waals surface area contributed by atoms with Crippen LogP contribution in [0.5, 0.6) is 0 Å². The first kappa shape index (κ1) is 27.0. The normalized spacial score (nSPS) is 20.9. The molecule has 1 aromatic carbocycles. The molecule has 0 bridgehead atoms. The maximum absolute atomic E-state index is 13.5. The van der Waals surface area contributed by atoms with Crippen LogP contribution >= 0.6 is 0 Å². The largest absolute Gasteiger partial charge is 0.416 e. The summed E-state index contributed by atoms with van der Waals surface area (Å²) < 4.78 is 52.7. The number of nitrogens with zero attached hydrogens (tertiary/aromatic N) is 3. The molecule has 3 heterocycles. The van der Waals surface area contributed by atoms with Crippen molar-refractivity contribution in [1.82, 2.24) is 20.1 Å². The van der Waals surface area contributed by atoms with Gasteiger partial charge in [-0.05, 0) is 61.1 Å². The molecular weight excluding hydrogens is 488 g/mol. The molecule has 2 saturated heterocycles. The topological polar surface area (TPSA) is 65.5 Å². The summed E-state index contributed by atoms with van der Waals surface area (Å²) in [7, 11) is 2.06. The summed E-state index contributed by atoms with van der Waals surface area (Å²) in [5, 5.41) is 2.61. The highest BCUT2D eigenvalue weighted by atomic mass is 19.4. The Morgan fingerprint density at radius 2 is 1.76 bits per heavy atom. The number of benzene rings is 1. The molecule has 10 heteroatoms. The van der Waals surface area contributed by atoms with Crippen molar-refractivity contribution in [3.05, 3.63) is 65.2 Å². The predicted molar refractivity (Wildman–Crippen MR) is 130 cm³/mol.